The number of aromatic carboxylic acids is 1. The number of hydrogen-bond acceptors (Lipinski definition) is 1. The van der Waals surface area contributed by atoms with E-state index in [1.165, 1.54) is 18.2 Å². The van der Waals surface area contributed by atoms with Gasteiger partial charge in [-0.25, -0.2) is 4.79 Å². The molecule has 0 saturated heterocycles. The van der Waals surface area contributed by atoms with Crippen molar-refractivity contribution in [2.24, 2.45) is 0 Å². The third-order valence-corrected chi connectivity index (χ3v) is 3.63. The maximum absolute atomic E-state index is 12.6. The monoisotopic (exact) mass is 316 g/mol. The Morgan fingerprint density at radius 3 is 1.96 bits per heavy atom. The first kappa shape index (κ1) is 15.1. The van der Waals surface area contributed by atoms with Gasteiger partial charge in [-0.15, -0.1) is 0 Å². The third-order valence-electron chi connectivity index (χ3n) is 3.63. The molecular weight excluding hydrogens is 305 g/mol. The SMILES string of the molecule is O=C(O)c1ccc2cc(-c3ccc(C(F)(F)F)cc3)ccc2c1. The zero-order valence-corrected chi connectivity index (χ0v) is 11.8. The summed E-state index contributed by atoms with van der Waals surface area (Å²) in [7, 11) is 0. The molecule has 0 saturated carbocycles. The van der Waals surface area contributed by atoms with Gasteiger partial charge >= 0.3 is 12.1 Å². The summed E-state index contributed by atoms with van der Waals surface area (Å²) in [6.07, 6.45) is -4.35. The molecule has 0 amide bonds. The van der Waals surface area contributed by atoms with Crippen LogP contribution in [0.25, 0.3) is 21.9 Å². The molecule has 0 atom stereocenters. The van der Waals surface area contributed by atoms with Gasteiger partial charge in [0.25, 0.3) is 0 Å². The minimum Gasteiger partial charge on any atom is -0.478 e. The predicted octanol–water partition coefficient (Wildman–Crippen LogP) is 5.22. The van der Waals surface area contributed by atoms with Gasteiger partial charge in [0, 0.05) is 0 Å². The van der Waals surface area contributed by atoms with Crippen LogP contribution in [0.5, 0.6) is 0 Å². The molecule has 3 aromatic carbocycles. The Morgan fingerprint density at radius 2 is 1.35 bits per heavy atom. The van der Waals surface area contributed by atoms with Crippen LogP contribution in [0.1, 0.15) is 15.9 Å². The van der Waals surface area contributed by atoms with Crippen molar-refractivity contribution in [1.29, 1.82) is 0 Å². The summed E-state index contributed by atoms with van der Waals surface area (Å²) in [5, 5.41) is 10.6. The van der Waals surface area contributed by atoms with Crippen molar-refractivity contribution in [2.45, 2.75) is 6.18 Å². The van der Waals surface area contributed by atoms with Crippen LogP contribution >= 0.6 is 0 Å². The molecule has 0 heterocycles. The molecule has 0 aliphatic heterocycles. The maximum Gasteiger partial charge on any atom is 0.416 e. The van der Waals surface area contributed by atoms with Gasteiger partial charge in [-0.1, -0.05) is 30.3 Å². The van der Waals surface area contributed by atoms with E-state index in [0.717, 1.165) is 28.5 Å². The van der Waals surface area contributed by atoms with Crippen LogP contribution in [-0.2, 0) is 6.18 Å². The first-order valence-electron chi connectivity index (χ1n) is 6.79. The van der Waals surface area contributed by atoms with Crippen LogP contribution in [0.2, 0.25) is 0 Å². The molecule has 1 N–H and O–H groups in total. The summed E-state index contributed by atoms with van der Waals surface area (Å²) in [5.74, 6) is -1.00. The highest BCUT2D eigenvalue weighted by Gasteiger charge is 2.29. The van der Waals surface area contributed by atoms with Gasteiger partial charge in [-0.05, 0) is 52.2 Å². The number of carboxylic acid groups (broad SMARTS) is 1. The number of fused-ring (bicyclic) bond motifs is 1. The fraction of sp³-hybridized carbons (Fsp3) is 0.0556. The van der Waals surface area contributed by atoms with Gasteiger partial charge < -0.3 is 5.11 Å². The van der Waals surface area contributed by atoms with Gasteiger partial charge in [0.2, 0.25) is 0 Å². The van der Waals surface area contributed by atoms with Crippen molar-refractivity contribution < 1.29 is 23.1 Å². The highest BCUT2D eigenvalue weighted by Crippen LogP contribution is 2.31. The van der Waals surface area contributed by atoms with E-state index in [9.17, 15) is 18.0 Å². The van der Waals surface area contributed by atoms with Crippen LogP contribution in [0.3, 0.4) is 0 Å². The molecule has 0 fully saturated rings. The minimum atomic E-state index is -4.35. The lowest BCUT2D eigenvalue weighted by Crippen LogP contribution is -2.03. The topological polar surface area (TPSA) is 37.3 Å². The summed E-state index contributed by atoms with van der Waals surface area (Å²) >= 11 is 0. The summed E-state index contributed by atoms with van der Waals surface area (Å²) < 4.78 is 37.8. The van der Waals surface area contributed by atoms with E-state index < -0.39 is 17.7 Å². The second kappa shape index (κ2) is 5.43. The molecule has 0 aliphatic rings. The van der Waals surface area contributed by atoms with Crippen LogP contribution in [0.4, 0.5) is 13.2 Å². The molecule has 0 unspecified atom stereocenters. The summed E-state index contributed by atoms with van der Waals surface area (Å²) in [5.41, 5.74) is 0.949. The lowest BCUT2D eigenvalue weighted by Gasteiger charge is -2.09. The molecule has 0 aliphatic carbocycles. The van der Waals surface area contributed by atoms with Crippen molar-refractivity contribution in [3.05, 3.63) is 71.8 Å². The highest BCUT2D eigenvalue weighted by atomic mass is 19.4. The summed E-state index contributed by atoms with van der Waals surface area (Å²) in [4.78, 5) is 11.0. The van der Waals surface area contributed by atoms with Crippen molar-refractivity contribution in [3.63, 3.8) is 0 Å². The number of halogens is 3. The van der Waals surface area contributed by atoms with Crippen molar-refractivity contribution in [3.8, 4) is 11.1 Å². The van der Waals surface area contributed by atoms with Gasteiger partial charge in [0.15, 0.2) is 0 Å². The molecule has 5 heteroatoms. The van der Waals surface area contributed by atoms with Crippen LogP contribution in [-0.4, -0.2) is 11.1 Å². The van der Waals surface area contributed by atoms with Gasteiger partial charge in [0.1, 0.15) is 0 Å². The molecule has 3 rings (SSSR count). The van der Waals surface area contributed by atoms with E-state index in [2.05, 4.69) is 0 Å². The van der Waals surface area contributed by atoms with Gasteiger partial charge in [-0.3, -0.25) is 0 Å². The largest absolute Gasteiger partial charge is 0.478 e. The number of carboxylic acids is 1. The molecule has 116 valence electrons. The third kappa shape index (κ3) is 3.04. The van der Waals surface area contributed by atoms with E-state index in [4.69, 9.17) is 5.11 Å². The van der Waals surface area contributed by atoms with E-state index in [0.29, 0.717) is 5.56 Å². The van der Waals surface area contributed by atoms with E-state index >= 15 is 0 Å². The second-order valence-corrected chi connectivity index (χ2v) is 5.16. The van der Waals surface area contributed by atoms with Crippen LogP contribution in [0.15, 0.2) is 60.7 Å². The Kier molecular flexibility index (Phi) is 3.56. The smallest absolute Gasteiger partial charge is 0.416 e. The molecule has 23 heavy (non-hydrogen) atoms. The second-order valence-electron chi connectivity index (χ2n) is 5.16. The standard InChI is InChI=1S/C18H11F3O2/c19-18(20,21)16-7-5-11(6-8-16)12-1-2-14-10-15(17(22)23)4-3-13(14)9-12/h1-10H,(H,22,23). The molecule has 0 aromatic heterocycles. The molecule has 0 bridgehead atoms. The Labute approximate surface area is 129 Å². The van der Waals surface area contributed by atoms with Crippen LogP contribution < -0.4 is 0 Å². The molecule has 0 spiro atoms. The van der Waals surface area contributed by atoms with Crippen molar-refractivity contribution >= 4 is 16.7 Å². The Balaban J connectivity index is 2.00. The first-order valence-corrected chi connectivity index (χ1v) is 6.79. The van der Waals surface area contributed by atoms with Crippen LogP contribution in [0, 0.1) is 0 Å². The minimum absolute atomic E-state index is 0.194. The lowest BCUT2D eigenvalue weighted by molar-refractivity contribution is -0.137. The zero-order valence-electron chi connectivity index (χ0n) is 11.8. The molecular formula is C18H11F3O2. The van der Waals surface area contributed by atoms with E-state index in [1.807, 2.05) is 6.07 Å². The Hall–Kier alpha value is -2.82. The Morgan fingerprint density at radius 1 is 0.783 bits per heavy atom. The highest BCUT2D eigenvalue weighted by molar-refractivity contribution is 5.95. The zero-order chi connectivity index (χ0) is 16.6. The fourth-order valence-electron chi connectivity index (χ4n) is 2.41. The van der Waals surface area contributed by atoms with Gasteiger partial charge in [0.05, 0.1) is 11.1 Å². The summed E-state index contributed by atoms with van der Waals surface area (Å²) in [6.45, 7) is 0. The maximum atomic E-state index is 12.6. The molecule has 2 nitrogen and oxygen atoms in total. The lowest BCUT2D eigenvalue weighted by atomic mass is 9.99. The fourth-order valence-corrected chi connectivity index (χ4v) is 2.41. The Bertz CT molecular complexity index is 881. The first-order chi connectivity index (χ1) is 10.8. The van der Waals surface area contributed by atoms with Crippen molar-refractivity contribution in [2.75, 3.05) is 0 Å². The molecule has 3 aromatic rings. The van der Waals surface area contributed by atoms with E-state index in [1.54, 1.807) is 24.3 Å². The number of rotatable bonds is 2. The number of benzene rings is 3. The number of hydrogen-bond donors (Lipinski definition) is 1. The summed E-state index contributed by atoms with van der Waals surface area (Å²) in [6, 6.07) is 15.0. The van der Waals surface area contributed by atoms with Gasteiger partial charge in [-0.2, -0.15) is 13.2 Å². The predicted molar refractivity (Wildman–Crippen MR) is 81.3 cm³/mol. The molecule has 0 radical (unpaired) electrons. The number of alkyl halides is 3. The van der Waals surface area contributed by atoms with Crippen molar-refractivity contribution in [1.82, 2.24) is 0 Å². The normalized spacial score (nSPS) is 11.6. The average molecular weight is 316 g/mol. The quantitative estimate of drug-likeness (QED) is 0.703. The average Bonchev–Trinajstić information content (AvgIpc) is 2.53. The van der Waals surface area contributed by atoms with E-state index in [-0.39, 0.29) is 5.56 Å². The number of carbonyl (C=O) groups is 1.